The van der Waals surface area contributed by atoms with Gasteiger partial charge in [0.25, 0.3) is 0 Å². The number of aryl methyl sites for hydroxylation is 1. The van der Waals surface area contributed by atoms with Gasteiger partial charge in [0.2, 0.25) is 5.91 Å². The maximum absolute atomic E-state index is 13.5. The zero-order valence-corrected chi connectivity index (χ0v) is 21.7. The summed E-state index contributed by atoms with van der Waals surface area (Å²) in [6.07, 6.45) is 8.04. The molecule has 1 saturated heterocycles. The van der Waals surface area contributed by atoms with E-state index in [1.165, 1.54) is 0 Å². The number of aliphatic carboxylic acids is 1. The number of hydrogen-bond donors (Lipinski definition) is 2. The molecule has 4 rings (SSSR count). The Balaban J connectivity index is 1.59. The number of amides is 1. The minimum atomic E-state index is -0.832. The third-order valence-corrected chi connectivity index (χ3v) is 7.56. The number of carbonyl (C=O) groups is 2. The van der Waals surface area contributed by atoms with Crippen molar-refractivity contribution in [2.45, 2.75) is 57.4 Å². The average Bonchev–Trinajstić information content (AvgIpc) is 3.52. The van der Waals surface area contributed by atoms with Crippen molar-refractivity contribution in [3.8, 4) is 5.75 Å². The summed E-state index contributed by atoms with van der Waals surface area (Å²) in [5.74, 6) is -0.0823. The van der Waals surface area contributed by atoms with Crippen molar-refractivity contribution in [1.29, 1.82) is 0 Å². The van der Waals surface area contributed by atoms with Crippen LogP contribution in [0.4, 0.5) is 0 Å². The molecular formula is C28H39N5O4. The molecule has 3 heterocycles. The molecule has 2 aromatic rings. The molecule has 0 radical (unpaired) electrons. The second-order valence-corrected chi connectivity index (χ2v) is 10.0. The number of fused-ring (bicyclic) bond motifs is 1. The molecule has 2 aliphatic heterocycles. The normalized spacial score (nSPS) is 21.0. The molecule has 1 fully saturated rings. The summed E-state index contributed by atoms with van der Waals surface area (Å²) < 4.78 is 5.66. The summed E-state index contributed by atoms with van der Waals surface area (Å²) in [7, 11) is 0. The van der Waals surface area contributed by atoms with Gasteiger partial charge in [-0.1, -0.05) is 25.5 Å². The molecule has 1 unspecified atom stereocenters. The van der Waals surface area contributed by atoms with Gasteiger partial charge < -0.3 is 20.5 Å². The maximum atomic E-state index is 13.5. The predicted molar refractivity (Wildman–Crippen MR) is 140 cm³/mol. The number of benzene rings is 1. The van der Waals surface area contributed by atoms with Crippen LogP contribution in [0.25, 0.3) is 0 Å². The number of nitrogens with two attached hydrogens (primary N) is 1. The van der Waals surface area contributed by atoms with Gasteiger partial charge in [-0.15, -0.1) is 0 Å². The van der Waals surface area contributed by atoms with Crippen molar-refractivity contribution < 1.29 is 19.4 Å². The van der Waals surface area contributed by atoms with E-state index in [2.05, 4.69) is 27.9 Å². The number of hydrogen-bond acceptors (Lipinski definition) is 7. The molecule has 3 atom stereocenters. The lowest BCUT2D eigenvalue weighted by Crippen LogP contribution is -2.45. The van der Waals surface area contributed by atoms with Crippen molar-refractivity contribution in [2.24, 2.45) is 11.7 Å². The third kappa shape index (κ3) is 6.64. The summed E-state index contributed by atoms with van der Waals surface area (Å²) >= 11 is 0. The first kappa shape index (κ1) is 27.0. The lowest BCUT2D eigenvalue weighted by molar-refractivity contribution is -0.143. The van der Waals surface area contributed by atoms with Gasteiger partial charge in [0, 0.05) is 56.8 Å². The van der Waals surface area contributed by atoms with E-state index in [-0.39, 0.29) is 24.4 Å². The van der Waals surface area contributed by atoms with Gasteiger partial charge in [-0.2, -0.15) is 0 Å². The van der Waals surface area contributed by atoms with Crippen LogP contribution in [-0.4, -0.2) is 82.1 Å². The number of likely N-dealkylation sites (tertiary alicyclic amines) is 1. The molecule has 1 aromatic heterocycles. The average molecular weight is 510 g/mol. The number of carbonyl (C=O) groups excluding carboxylic acids is 1. The van der Waals surface area contributed by atoms with Crippen LogP contribution in [0.3, 0.4) is 0 Å². The molecular weight excluding hydrogens is 470 g/mol. The van der Waals surface area contributed by atoms with Crippen LogP contribution in [0.15, 0.2) is 36.7 Å². The first-order chi connectivity index (χ1) is 18.0. The number of rotatable bonds is 13. The molecule has 3 N–H and O–H groups in total. The van der Waals surface area contributed by atoms with E-state index < -0.39 is 11.9 Å². The number of carboxylic acid groups (broad SMARTS) is 1. The third-order valence-electron chi connectivity index (χ3n) is 7.56. The smallest absolute Gasteiger partial charge is 0.308 e. The molecule has 200 valence electrons. The van der Waals surface area contributed by atoms with E-state index in [0.717, 1.165) is 42.6 Å². The Morgan fingerprint density at radius 1 is 1.22 bits per heavy atom. The van der Waals surface area contributed by atoms with Crippen LogP contribution in [0.1, 0.15) is 55.5 Å². The lowest BCUT2D eigenvalue weighted by Gasteiger charge is -2.29. The fourth-order valence-corrected chi connectivity index (χ4v) is 5.63. The second-order valence-electron chi connectivity index (χ2n) is 10.0. The fourth-order valence-electron chi connectivity index (χ4n) is 5.63. The monoisotopic (exact) mass is 509 g/mol. The molecule has 37 heavy (non-hydrogen) atoms. The molecule has 0 saturated carbocycles. The van der Waals surface area contributed by atoms with Crippen LogP contribution >= 0.6 is 0 Å². The molecule has 9 heteroatoms. The highest BCUT2D eigenvalue weighted by Gasteiger charge is 2.47. The van der Waals surface area contributed by atoms with Gasteiger partial charge in [-0.05, 0) is 49.1 Å². The van der Waals surface area contributed by atoms with Crippen LogP contribution in [-0.2, 0) is 22.4 Å². The number of aromatic nitrogens is 2. The Hall–Kier alpha value is -3.04. The van der Waals surface area contributed by atoms with Gasteiger partial charge >= 0.3 is 5.97 Å². The van der Waals surface area contributed by atoms with E-state index in [1.807, 2.05) is 17.0 Å². The Labute approximate surface area is 219 Å². The Bertz CT molecular complexity index is 1040. The second kappa shape index (κ2) is 13.0. The molecule has 0 aliphatic carbocycles. The lowest BCUT2D eigenvalue weighted by atomic mass is 9.83. The summed E-state index contributed by atoms with van der Waals surface area (Å²) in [5, 5.41) is 10.4. The first-order valence-corrected chi connectivity index (χ1v) is 13.5. The van der Waals surface area contributed by atoms with E-state index in [4.69, 9.17) is 10.5 Å². The van der Waals surface area contributed by atoms with Gasteiger partial charge in [0.15, 0.2) is 0 Å². The first-order valence-electron chi connectivity index (χ1n) is 13.5. The number of nitrogens with zero attached hydrogens (tertiary/aromatic N) is 4. The molecule has 9 nitrogen and oxygen atoms in total. The topological polar surface area (TPSA) is 122 Å². The Morgan fingerprint density at radius 2 is 2.00 bits per heavy atom. The minimum absolute atomic E-state index is 0.0370. The van der Waals surface area contributed by atoms with E-state index in [1.54, 1.807) is 18.5 Å². The highest BCUT2D eigenvalue weighted by molar-refractivity contribution is 5.79. The summed E-state index contributed by atoms with van der Waals surface area (Å²) in [6.45, 7) is 5.33. The van der Waals surface area contributed by atoms with Crippen molar-refractivity contribution in [1.82, 2.24) is 19.8 Å². The molecule has 1 aromatic carbocycles. The summed E-state index contributed by atoms with van der Waals surface area (Å²) in [6, 6.07) is 7.51. The van der Waals surface area contributed by atoms with Crippen molar-refractivity contribution in [3.05, 3.63) is 53.6 Å². The molecule has 0 bridgehead atoms. The highest BCUT2D eigenvalue weighted by Crippen LogP contribution is 2.41. The predicted octanol–water partition coefficient (Wildman–Crippen LogP) is 2.49. The largest absolute Gasteiger partial charge is 0.493 e. The zero-order chi connectivity index (χ0) is 26.2. The standard InChI is InChI=1S/C28H39N5O4/c1-2-3-14-32(15-4-11-29)26(34)19-33-18-22(20-6-8-24-21(17-20)10-16-37-24)27(28(35)36)23(33)7-9-25-30-12-5-13-31-25/h5-6,8,12-13,17,22-23,27H,2-4,7,9-11,14-16,18-19,29H2,1H3,(H,35,36)/t22-,23+,27?/m1/s1. The molecule has 0 spiro atoms. The van der Waals surface area contributed by atoms with Gasteiger partial charge in [0.1, 0.15) is 11.6 Å². The van der Waals surface area contributed by atoms with Crippen LogP contribution in [0, 0.1) is 5.92 Å². The Kier molecular flexibility index (Phi) is 9.46. The SMILES string of the molecule is CCCCN(CCCN)C(=O)CN1C[C@H](c2ccc3c(c2)CCO3)C(C(=O)O)[C@@H]1CCc1ncccn1. The van der Waals surface area contributed by atoms with Crippen molar-refractivity contribution in [3.63, 3.8) is 0 Å². The summed E-state index contributed by atoms with van der Waals surface area (Å²) in [4.78, 5) is 38.8. The number of unbranched alkanes of at least 4 members (excludes halogenated alkanes) is 1. The minimum Gasteiger partial charge on any atom is -0.493 e. The number of ether oxygens (including phenoxy) is 1. The zero-order valence-electron chi connectivity index (χ0n) is 21.7. The van der Waals surface area contributed by atoms with Crippen molar-refractivity contribution >= 4 is 11.9 Å². The highest BCUT2D eigenvalue weighted by atomic mass is 16.5. The van der Waals surface area contributed by atoms with Crippen LogP contribution in [0.5, 0.6) is 5.75 Å². The van der Waals surface area contributed by atoms with Gasteiger partial charge in [-0.25, -0.2) is 9.97 Å². The van der Waals surface area contributed by atoms with E-state index in [9.17, 15) is 14.7 Å². The van der Waals surface area contributed by atoms with Crippen LogP contribution < -0.4 is 10.5 Å². The Morgan fingerprint density at radius 3 is 2.73 bits per heavy atom. The molecule has 1 amide bonds. The fraction of sp³-hybridized carbons (Fsp3) is 0.571. The van der Waals surface area contributed by atoms with E-state index in [0.29, 0.717) is 51.5 Å². The number of carboxylic acids is 1. The quantitative estimate of drug-likeness (QED) is 0.422. The van der Waals surface area contributed by atoms with Crippen LogP contribution in [0.2, 0.25) is 0 Å². The van der Waals surface area contributed by atoms with Crippen molar-refractivity contribution in [2.75, 3.05) is 39.3 Å². The summed E-state index contributed by atoms with van der Waals surface area (Å²) in [5.41, 5.74) is 7.85. The molecule has 2 aliphatic rings. The van der Waals surface area contributed by atoms with Gasteiger partial charge in [0.05, 0.1) is 19.1 Å². The maximum Gasteiger partial charge on any atom is 0.308 e. The van der Waals surface area contributed by atoms with Gasteiger partial charge in [-0.3, -0.25) is 14.5 Å². The van der Waals surface area contributed by atoms with E-state index >= 15 is 0 Å².